The summed E-state index contributed by atoms with van der Waals surface area (Å²) in [7, 11) is -4.67. The van der Waals surface area contributed by atoms with Crippen LogP contribution in [0.4, 0.5) is 0 Å². The molecule has 0 heterocycles. The fraction of sp³-hybridized carbons (Fsp3) is 0.833. The third-order valence-corrected chi connectivity index (χ3v) is 2.35. The number of carbonyl (C=O) groups excluding carboxylic acids is 1. The summed E-state index contributed by atoms with van der Waals surface area (Å²) >= 11 is 0. The van der Waals surface area contributed by atoms with Crippen molar-refractivity contribution in [3.63, 3.8) is 0 Å². The second-order valence-corrected chi connectivity index (χ2v) is 4.96. The van der Waals surface area contributed by atoms with E-state index in [0.29, 0.717) is 12.2 Å². The number of hydrogen-bond acceptors (Lipinski definition) is 3. The number of hydrogen-bond donors (Lipinski definition) is 2. The van der Waals surface area contributed by atoms with Crippen LogP contribution in [0.1, 0.15) is 64.7 Å². The Bertz CT molecular complexity index is 282. The number of Topliss-reactive ketones (excluding diaryl/α,β-unsaturated/α-hetero) is 1. The molecule has 0 unspecified atom stereocenters. The van der Waals surface area contributed by atoms with E-state index in [2.05, 4.69) is 6.92 Å². The molecule has 0 bridgehead atoms. The first kappa shape index (κ1) is 24.6. The van der Waals surface area contributed by atoms with Gasteiger partial charge in [0, 0.05) is 12.8 Å². The summed E-state index contributed by atoms with van der Waals surface area (Å²) in [6.07, 6.45) is 10.1. The minimum absolute atomic E-state index is 0. The molecule has 5 nitrogen and oxygen atoms in total. The largest absolute Gasteiger partial charge is 1.00 e. The van der Waals surface area contributed by atoms with Crippen molar-refractivity contribution in [2.75, 3.05) is 0 Å². The minimum atomic E-state index is -4.67. The van der Waals surface area contributed by atoms with Crippen LogP contribution in [0.15, 0.2) is 0 Å². The molecule has 0 rings (SSSR count). The molecule has 0 aromatic carbocycles. The zero-order valence-electron chi connectivity index (χ0n) is 12.1. The van der Waals surface area contributed by atoms with Gasteiger partial charge in [-0.3, -0.25) is 13.9 Å². The SMILES string of the molecule is O=S(=O)(O)O.[CH2-]CCCCCCCCC(=O)CC.[Na+]. The average Bonchev–Trinajstić information content (AvgIpc) is 2.25. The molecule has 0 aliphatic rings. The average molecular weight is 304 g/mol. The van der Waals surface area contributed by atoms with Crippen LogP contribution in [0, 0.1) is 6.92 Å². The molecule has 0 atom stereocenters. The molecule has 0 saturated carbocycles. The number of rotatable bonds is 9. The summed E-state index contributed by atoms with van der Waals surface area (Å²) in [4.78, 5) is 10.9. The van der Waals surface area contributed by atoms with E-state index in [9.17, 15) is 4.79 Å². The number of ketones is 1. The summed E-state index contributed by atoms with van der Waals surface area (Å²) < 4.78 is 31.6. The van der Waals surface area contributed by atoms with Crippen LogP contribution in [0.2, 0.25) is 0 Å². The maximum Gasteiger partial charge on any atom is 1.00 e. The Hall–Kier alpha value is 0.540. The van der Waals surface area contributed by atoms with E-state index in [4.69, 9.17) is 17.5 Å². The Kier molecular flexibility index (Phi) is 21.4. The van der Waals surface area contributed by atoms with Crippen molar-refractivity contribution >= 4 is 16.2 Å². The van der Waals surface area contributed by atoms with Gasteiger partial charge in [-0.25, -0.2) is 0 Å². The molecule has 2 N–H and O–H groups in total. The molecule has 0 aliphatic carbocycles. The fourth-order valence-corrected chi connectivity index (χ4v) is 1.38. The van der Waals surface area contributed by atoms with Gasteiger partial charge in [-0.05, 0) is 6.42 Å². The van der Waals surface area contributed by atoms with Gasteiger partial charge in [-0.2, -0.15) is 14.8 Å². The van der Waals surface area contributed by atoms with E-state index in [1.807, 2.05) is 6.92 Å². The Balaban J connectivity index is -0.000000366. The molecular formula is C12H25NaO5S. The van der Waals surface area contributed by atoms with Crippen molar-refractivity contribution in [1.82, 2.24) is 0 Å². The van der Waals surface area contributed by atoms with Crippen LogP contribution in [0.5, 0.6) is 0 Å². The molecule has 0 aromatic rings. The predicted octanol–water partition coefficient (Wildman–Crippen LogP) is 0.272. The van der Waals surface area contributed by atoms with Gasteiger partial charge in [0.25, 0.3) is 0 Å². The summed E-state index contributed by atoms with van der Waals surface area (Å²) in [5.41, 5.74) is 0. The number of carbonyl (C=O) groups is 1. The smallest absolute Gasteiger partial charge is 0.343 e. The van der Waals surface area contributed by atoms with E-state index in [1.54, 1.807) is 0 Å². The molecule has 110 valence electrons. The summed E-state index contributed by atoms with van der Waals surface area (Å²) in [6.45, 7) is 5.75. The summed E-state index contributed by atoms with van der Waals surface area (Å²) in [5.74, 6) is 0.415. The van der Waals surface area contributed by atoms with Crippen LogP contribution in [0.25, 0.3) is 0 Å². The molecule has 0 spiro atoms. The Labute approximate surface area is 139 Å². The quantitative estimate of drug-likeness (QED) is 0.276. The van der Waals surface area contributed by atoms with Gasteiger partial charge >= 0.3 is 40.0 Å². The molecule has 0 radical (unpaired) electrons. The van der Waals surface area contributed by atoms with Crippen molar-refractivity contribution < 1.29 is 51.9 Å². The van der Waals surface area contributed by atoms with Crippen molar-refractivity contribution in [3.05, 3.63) is 6.92 Å². The van der Waals surface area contributed by atoms with Crippen molar-refractivity contribution in [3.8, 4) is 0 Å². The van der Waals surface area contributed by atoms with Gasteiger partial charge < -0.3 is 6.92 Å². The van der Waals surface area contributed by atoms with Gasteiger partial charge in [0.2, 0.25) is 0 Å². The van der Waals surface area contributed by atoms with Crippen LogP contribution >= 0.6 is 0 Å². The van der Waals surface area contributed by atoms with Gasteiger partial charge in [0.15, 0.2) is 0 Å². The standard InChI is InChI=1S/C12H23O.Na.H2O4S/c1-3-5-6-7-8-9-10-11-12(13)4-2;;1-5(2,3)4/h1,3-11H2,2H3;;(H2,1,2,3,4)/q-1;+1;. The van der Waals surface area contributed by atoms with Gasteiger partial charge in [0.05, 0.1) is 0 Å². The molecule has 19 heavy (non-hydrogen) atoms. The normalized spacial score (nSPS) is 10.1. The minimum Gasteiger partial charge on any atom is -0.343 e. The van der Waals surface area contributed by atoms with E-state index in [1.165, 1.54) is 32.1 Å². The second kappa shape index (κ2) is 16.6. The second-order valence-electron chi connectivity index (χ2n) is 4.06. The van der Waals surface area contributed by atoms with Gasteiger partial charge in [-0.1, -0.05) is 39.0 Å². The van der Waals surface area contributed by atoms with E-state index in [-0.39, 0.29) is 29.6 Å². The third kappa shape index (κ3) is 38.1. The van der Waals surface area contributed by atoms with Crippen molar-refractivity contribution in [2.45, 2.75) is 64.7 Å². The first-order valence-electron chi connectivity index (χ1n) is 6.32. The zero-order valence-corrected chi connectivity index (χ0v) is 14.9. The topological polar surface area (TPSA) is 91.7 Å². The first-order chi connectivity index (χ1) is 8.31. The van der Waals surface area contributed by atoms with E-state index in [0.717, 1.165) is 19.3 Å². The van der Waals surface area contributed by atoms with Gasteiger partial charge in [0.1, 0.15) is 5.78 Å². The zero-order chi connectivity index (χ0) is 14.4. The summed E-state index contributed by atoms with van der Waals surface area (Å²) in [5, 5.41) is 0. The van der Waals surface area contributed by atoms with E-state index < -0.39 is 10.4 Å². The van der Waals surface area contributed by atoms with E-state index >= 15 is 0 Å². The predicted molar refractivity (Wildman–Crippen MR) is 71.8 cm³/mol. The van der Waals surface area contributed by atoms with Crippen LogP contribution in [-0.4, -0.2) is 23.3 Å². The van der Waals surface area contributed by atoms with Crippen molar-refractivity contribution in [2.24, 2.45) is 0 Å². The monoisotopic (exact) mass is 304 g/mol. The maximum atomic E-state index is 10.9. The molecule has 7 heteroatoms. The van der Waals surface area contributed by atoms with Crippen molar-refractivity contribution in [1.29, 1.82) is 0 Å². The number of unbranched alkanes of at least 4 members (excludes halogenated alkanes) is 6. The molecule has 0 saturated heterocycles. The van der Waals surface area contributed by atoms with Gasteiger partial charge in [-0.15, -0.1) is 0 Å². The molecule has 0 aromatic heterocycles. The third-order valence-electron chi connectivity index (χ3n) is 2.35. The Morgan fingerprint density at radius 3 is 1.74 bits per heavy atom. The van der Waals surface area contributed by atoms with Crippen LogP contribution in [-0.2, 0) is 15.2 Å². The van der Waals surface area contributed by atoms with Crippen LogP contribution in [0.3, 0.4) is 0 Å². The molecular weight excluding hydrogens is 279 g/mol. The fourth-order valence-electron chi connectivity index (χ4n) is 1.38. The Morgan fingerprint density at radius 2 is 1.37 bits per heavy atom. The molecule has 0 amide bonds. The maximum absolute atomic E-state index is 10.9. The molecule has 0 fully saturated rings. The first-order valence-corrected chi connectivity index (χ1v) is 7.71. The van der Waals surface area contributed by atoms with Crippen LogP contribution < -0.4 is 29.6 Å². The molecule has 0 aliphatic heterocycles. The summed E-state index contributed by atoms with van der Waals surface area (Å²) in [6, 6.07) is 0. The Morgan fingerprint density at radius 1 is 1.00 bits per heavy atom.